The number of sulfonamides is 1. The largest absolute Gasteiger partial charge is 0.352 e. The van der Waals surface area contributed by atoms with Gasteiger partial charge in [-0.05, 0) is 61.7 Å². The number of aromatic nitrogens is 4. The van der Waals surface area contributed by atoms with Gasteiger partial charge in [-0.3, -0.25) is 18.8 Å². The number of carbonyl (C=O) groups excluding carboxylic acids is 1. The molecule has 0 saturated carbocycles. The average Bonchev–Trinajstić information content (AvgIpc) is 3.39. The van der Waals surface area contributed by atoms with Crippen molar-refractivity contribution in [2.45, 2.75) is 32.2 Å². The topological polar surface area (TPSA) is 110 Å². The van der Waals surface area contributed by atoms with Crippen molar-refractivity contribution in [2.24, 2.45) is 0 Å². The van der Waals surface area contributed by atoms with Gasteiger partial charge in [0.1, 0.15) is 6.33 Å². The molecule has 1 amide bonds. The number of carbonyl (C=O) groups is 1. The van der Waals surface area contributed by atoms with Crippen LogP contribution in [0.2, 0.25) is 0 Å². The minimum atomic E-state index is -3.48. The van der Waals surface area contributed by atoms with Gasteiger partial charge in [0, 0.05) is 37.1 Å². The molecule has 1 atom stereocenters. The molecular weight excluding hydrogens is 428 g/mol. The van der Waals surface area contributed by atoms with Gasteiger partial charge in [0.15, 0.2) is 5.82 Å². The van der Waals surface area contributed by atoms with Crippen molar-refractivity contribution in [3.05, 3.63) is 71.6 Å². The summed E-state index contributed by atoms with van der Waals surface area (Å²) in [6.07, 6.45) is 6.97. The maximum atomic E-state index is 12.8. The van der Waals surface area contributed by atoms with E-state index in [1.807, 2.05) is 26.0 Å². The van der Waals surface area contributed by atoms with Gasteiger partial charge >= 0.3 is 0 Å². The van der Waals surface area contributed by atoms with Gasteiger partial charge in [0.05, 0.1) is 17.9 Å². The van der Waals surface area contributed by atoms with Gasteiger partial charge in [-0.25, -0.2) is 13.4 Å². The lowest BCUT2D eigenvalue weighted by atomic mass is 9.98. The van der Waals surface area contributed by atoms with Gasteiger partial charge in [0.2, 0.25) is 10.0 Å². The van der Waals surface area contributed by atoms with E-state index in [2.05, 4.69) is 20.4 Å². The molecule has 10 heteroatoms. The van der Waals surface area contributed by atoms with Crippen LogP contribution in [0, 0.1) is 0 Å². The molecule has 0 radical (unpaired) electrons. The lowest BCUT2D eigenvalue weighted by Crippen LogP contribution is -2.29. The number of hydrogen-bond acceptors (Lipinski definition) is 6. The van der Waals surface area contributed by atoms with Crippen molar-refractivity contribution < 1.29 is 13.2 Å². The zero-order valence-electron chi connectivity index (χ0n) is 18.3. The van der Waals surface area contributed by atoms with Crippen molar-refractivity contribution in [2.75, 3.05) is 23.7 Å². The summed E-state index contributed by atoms with van der Waals surface area (Å²) in [7, 11) is -3.48. The van der Waals surface area contributed by atoms with Crippen LogP contribution in [-0.2, 0) is 16.4 Å². The Kier molecular flexibility index (Phi) is 5.96. The number of hydrogen-bond donors (Lipinski definition) is 1. The third-order valence-electron chi connectivity index (χ3n) is 5.50. The van der Waals surface area contributed by atoms with Crippen LogP contribution in [0.25, 0.3) is 0 Å². The van der Waals surface area contributed by atoms with Crippen LogP contribution >= 0.6 is 0 Å². The first kappa shape index (κ1) is 21.9. The van der Waals surface area contributed by atoms with E-state index in [1.165, 1.54) is 10.6 Å². The maximum absolute atomic E-state index is 12.8. The quantitative estimate of drug-likeness (QED) is 0.586. The molecule has 2 aromatic heterocycles. The number of anilines is 1. The maximum Gasteiger partial charge on any atom is 0.251 e. The molecule has 168 valence electrons. The predicted octanol–water partition coefficient (Wildman–Crippen LogP) is 2.14. The third kappa shape index (κ3) is 4.50. The first-order chi connectivity index (χ1) is 15.2. The molecule has 32 heavy (non-hydrogen) atoms. The molecule has 1 aromatic carbocycles. The minimum Gasteiger partial charge on any atom is -0.352 e. The number of benzene rings is 1. The molecule has 0 aliphatic carbocycles. The SMILES string of the molecule is CC(C)n1cnc([C@H]2CN(S(C)(=O)=O)c3ccc(C(=O)NCCc4ccncc4)cc32)n1. The number of fused-ring (bicyclic) bond motifs is 1. The smallest absolute Gasteiger partial charge is 0.251 e. The van der Waals surface area contributed by atoms with E-state index in [0.29, 0.717) is 30.0 Å². The van der Waals surface area contributed by atoms with Gasteiger partial charge in [-0.2, -0.15) is 5.10 Å². The van der Waals surface area contributed by atoms with Crippen molar-refractivity contribution >= 4 is 21.6 Å². The highest BCUT2D eigenvalue weighted by atomic mass is 32.2. The summed E-state index contributed by atoms with van der Waals surface area (Å²) in [5, 5.41) is 7.47. The molecular formula is C22H26N6O3S. The predicted molar refractivity (Wildman–Crippen MR) is 121 cm³/mol. The van der Waals surface area contributed by atoms with Crippen molar-refractivity contribution in [1.82, 2.24) is 25.1 Å². The average molecular weight is 455 g/mol. The summed E-state index contributed by atoms with van der Waals surface area (Å²) >= 11 is 0. The first-order valence-electron chi connectivity index (χ1n) is 10.4. The highest BCUT2D eigenvalue weighted by molar-refractivity contribution is 7.92. The summed E-state index contributed by atoms with van der Waals surface area (Å²) in [5.74, 6) is -0.00952. The fourth-order valence-corrected chi connectivity index (χ4v) is 4.71. The monoisotopic (exact) mass is 454 g/mol. The molecule has 1 aliphatic rings. The van der Waals surface area contributed by atoms with Crippen LogP contribution in [0.5, 0.6) is 0 Å². The normalized spacial score (nSPS) is 15.8. The van der Waals surface area contributed by atoms with E-state index in [0.717, 1.165) is 11.1 Å². The summed E-state index contributed by atoms with van der Waals surface area (Å²) in [6.45, 7) is 4.69. The van der Waals surface area contributed by atoms with Gasteiger partial charge < -0.3 is 5.32 Å². The Morgan fingerprint density at radius 2 is 1.97 bits per heavy atom. The fourth-order valence-electron chi connectivity index (χ4n) is 3.77. The summed E-state index contributed by atoms with van der Waals surface area (Å²) in [5.41, 5.74) is 2.86. The molecule has 0 unspecified atom stereocenters. The molecule has 0 fully saturated rings. The molecule has 4 rings (SSSR count). The number of rotatable bonds is 7. The standard InChI is InChI=1S/C22H26N6O3S/c1-15(2)27-14-25-21(26-27)19-13-28(32(3,30)31)20-5-4-17(12-18(19)20)22(29)24-11-8-16-6-9-23-10-7-16/h4-7,9-10,12,14-15,19H,8,11,13H2,1-3H3,(H,24,29)/t19-/m0/s1. The van der Waals surface area contributed by atoms with Crippen molar-refractivity contribution in [3.63, 3.8) is 0 Å². The van der Waals surface area contributed by atoms with E-state index in [9.17, 15) is 13.2 Å². The molecule has 0 saturated heterocycles. The van der Waals surface area contributed by atoms with E-state index < -0.39 is 10.0 Å². The highest BCUT2D eigenvalue weighted by Gasteiger charge is 2.37. The fraction of sp³-hybridized carbons (Fsp3) is 0.364. The first-order valence-corrected chi connectivity index (χ1v) is 12.3. The Morgan fingerprint density at radius 1 is 1.22 bits per heavy atom. The summed E-state index contributed by atoms with van der Waals surface area (Å²) < 4.78 is 27.9. The molecule has 0 bridgehead atoms. The number of nitrogens with one attached hydrogen (secondary N) is 1. The highest BCUT2D eigenvalue weighted by Crippen LogP contribution is 2.40. The van der Waals surface area contributed by atoms with Gasteiger partial charge in [-0.15, -0.1) is 0 Å². The Hall–Kier alpha value is -3.27. The Labute approximate surface area is 187 Å². The van der Waals surface area contributed by atoms with Crippen LogP contribution in [0.1, 0.15) is 53.1 Å². The molecule has 3 aromatic rings. The molecule has 0 spiro atoms. The van der Waals surface area contributed by atoms with Crippen LogP contribution < -0.4 is 9.62 Å². The summed E-state index contributed by atoms with van der Waals surface area (Å²) in [6, 6.07) is 9.06. The van der Waals surface area contributed by atoms with Gasteiger partial charge in [0.25, 0.3) is 5.91 Å². The third-order valence-corrected chi connectivity index (χ3v) is 6.64. The van der Waals surface area contributed by atoms with E-state index in [1.54, 1.807) is 41.6 Å². The van der Waals surface area contributed by atoms with E-state index >= 15 is 0 Å². The minimum absolute atomic E-state index is 0.139. The number of amides is 1. The summed E-state index contributed by atoms with van der Waals surface area (Å²) in [4.78, 5) is 21.2. The van der Waals surface area contributed by atoms with E-state index in [4.69, 9.17) is 0 Å². The molecule has 9 nitrogen and oxygen atoms in total. The zero-order valence-corrected chi connectivity index (χ0v) is 19.1. The second-order valence-corrected chi connectivity index (χ2v) is 10.1. The second kappa shape index (κ2) is 8.70. The van der Waals surface area contributed by atoms with Crippen LogP contribution in [0.4, 0.5) is 5.69 Å². The molecule has 1 aliphatic heterocycles. The van der Waals surface area contributed by atoms with Crippen molar-refractivity contribution in [3.8, 4) is 0 Å². The Morgan fingerprint density at radius 3 is 2.62 bits per heavy atom. The van der Waals surface area contributed by atoms with E-state index in [-0.39, 0.29) is 24.4 Å². The van der Waals surface area contributed by atoms with Crippen LogP contribution in [-0.4, -0.2) is 53.4 Å². The van der Waals surface area contributed by atoms with Gasteiger partial charge in [-0.1, -0.05) is 0 Å². The zero-order chi connectivity index (χ0) is 22.9. The molecule has 3 heterocycles. The van der Waals surface area contributed by atoms with Crippen molar-refractivity contribution in [1.29, 1.82) is 0 Å². The van der Waals surface area contributed by atoms with Crippen LogP contribution in [0.15, 0.2) is 49.1 Å². The Balaban J connectivity index is 1.58. The Bertz CT molecular complexity index is 1220. The van der Waals surface area contributed by atoms with Crippen LogP contribution in [0.3, 0.4) is 0 Å². The second-order valence-electron chi connectivity index (χ2n) is 8.16. The number of pyridine rings is 1. The molecule has 1 N–H and O–H groups in total. The number of nitrogens with zero attached hydrogens (tertiary/aromatic N) is 5. The lowest BCUT2D eigenvalue weighted by molar-refractivity contribution is 0.0954. The lowest BCUT2D eigenvalue weighted by Gasteiger charge is -2.16.